The van der Waals surface area contributed by atoms with Crippen molar-refractivity contribution in [3.8, 4) is 0 Å². The van der Waals surface area contributed by atoms with Crippen LogP contribution in [0.25, 0.3) is 11.0 Å². The monoisotopic (exact) mass is 383 g/mol. The van der Waals surface area contributed by atoms with E-state index in [1.807, 2.05) is 42.1 Å². The van der Waals surface area contributed by atoms with Gasteiger partial charge in [-0.25, -0.2) is 4.79 Å². The third-order valence-corrected chi connectivity index (χ3v) is 5.27. The maximum Gasteiger partial charge on any atom is 0.326 e. The minimum atomic E-state index is -0.169. The van der Waals surface area contributed by atoms with Crippen molar-refractivity contribution in [3.05, 3.63) is 52.2 Å². The fourth-order valence-electron chi connectivity index (χ4n) is 3.75. The van der Waals surface area contributed by atoms with Crippen LogP contribution in [0.3, 0.4) is 0 Å². The van der Waals surface area contributed by atoms with Gasteiger partial charge < -0.3 is 15.0 Å². The number of aromatic nitrogens is 4. The second-order valence-corrected chi connectivity index (χ2v) is 7.03. The molecule has 28 heavy (non-hydrogen) atoms. The standard InChI is InChI=1S/C20H25N5O3/c1-2-24-13-15(18(23-24)14-7-11-28-12-8-14)19(26)21-9-10-25-17-6-4-3-5-16(17)22-20(25)27/h3-6,13-14H,2,7-12H2,1H3,(H,21,26)(H,22,27). The van der Waals surface area contributed by atoms with Crippen molar-refractivity contribution in [1.82, 2.24) is 24.6 Å². The minimum Gasteiger partial charge on any atom is -0.381 e. The van der Waals surface area contributed by atoms with Crippen LogP contribution in [0.15, 0.2) is 35.3 Å². The maximum absolute atomic E-state index is 12.8. The average molecular weight is 383 g/mol. The van der Waals surface area contributed by atoms with Crippen LogP contribution in [0, 0.1) is 0 Å². The number of hydrogen-bond acceptors (Lipinski definition) is 4. The molecule has 8 nitrogen and oxygen atoms in total. The number of imidazole rings is 1. The third-order valence-electron chi connectivity index (χ3n) is 5.27. The highest BCUT2D eigenvalue weighted by Gasteiger charge is 2.25. The van der Waals surface area contributed by atoms with Gasteiger partial charge in [0, 0.05) is 45.0 Å². The molecule has 2 aromatic heterocycles. The number of ether oxygens (including phenoxy) is 1. The third kappa shape index (κ3) is 3.60. The number of nitrogens with zero attached hydrogens (tertiary/aromatic N) is 3. The van der Waals surface area contributed by atoms with Gasteiger partial charge in [0.05, 0.1) is 22.3 Å². The zero-order valence-electron chi connectivity index (χ0n) is 16.0. The highest BCUT2D eigenvalue weighted by Crippen LogP contribution is 2.28. The van der Waals surface area contributed by atoms with E-state index in [4.69, 9.17) is 4.74 Å². The largest absolute Gasteiger partial charge is 0.381 e. The Morgan fingerprint density at radius 2 is 2.11 bits per heavy atom. The summed E-state index contributed by atoms with van der Waals surface area (Å²) in [5.41, 5.74) is 2.94. The van der Waals surface area contributed by atoms with E-state index in [9.17, 15) is 9.59 Å². The van der Waals surface area contributed by atoms with Gasteiger partial charge in [-0.15, -0.1) is 0 Å². The van der Waals surface area contributed by atoms with Crippen LogP contribution in [-0.4, -0.2) is 45.0 Å². The van der Waals surface area contributed by atoms with E-state index >= 15 is 0 Å². The molecule has 4 rings (SSSR count). The molecule has 1 aliphatic rings. The minimum absolute atomic E-state index is 0.144. The molecule has 1 amide bonds. The number of carbonyl (C=O) groups is 1. The van der Waals surface area contributed by atoms with Gasteiger partial charge in [0.15, 0.2) is 0 Å². The zero-order valence-corrected chi connectivity index (χ0v) is 16.0. The lowest BCUT2D eigenvalue weighted by molar-refractivity contribution is 0.0832. The van der Waals surface area contributed by atoms with Crippen LogP contribution in [0.1, 0.15) is 41.7 Å². The summed E-state index contributed by atoms with van der Waals surface area (Å²) in [6.45, 7) is 4.90. The fourth-order valence-corrected chi connectivity index (χ4v) is 3.75. The summed E-state index contributed by atoms with van der Waals surface area (Å²) >= 11 is 0. The molecule has 0 radical (unpaired) electrons. The molecule has 1 aromatic carbocycles. The molecular weight excluding hydrogens is 358 g/mol. The number of hydrogen-bond donors (Lipinski definition) is 2. The van der Waals surface area contributed by atoms with Gasteiger partial charge >= 0.3 is 5.69 Å². The van der Waals surface area contributed by atoms with Crippen molar-refractivity contribution in [3.63, 3.8) is 0 Å². The normalized spacial score (nSPS) is 15.2. The topological polar surface area (TPSA) is 93.9 Å². The molecule has 0 saturated carbocycles. The molecule has 1 saturated heterocycles. The average Bonchev–Trinajstić information content (AvgIpc) is 3.30. The number of H-pyrrole nitrogens is 1. The molecule has 1 fully saturated rings. The Morgan fingerprint density at radius 3 is 2.89 bits per heavy atom. The zero-order chi connectivity index (χ0) is 19.5. The summed E-state index contributed by atoms with van der Waals surface area (Å²) in [5.74, 6) is 0.104. The molecular formula is C20H25N5O3. The number of aromatic amines is 1. The molecule has 0 atom stereocenters. The summed E-state index contributed by atoms with van der Waals surface area (Å²) in [4.78, 5) is 27.8. The fraction of sp³-hybridized carbons (Fsp3) is 0.450. The van der Waals surface area contributed by atoms with Crippen molar-refractivity contribution < 1.29 is 9.53 Å². The van der Waals surface area contributed by atoms with E-state index in [0.717, 1.165) is 29.6 Å². The van der Waals surface area contributed by atoms with Gasteiger partial charge in [-0.05, 0) is 31.9 Å². The highest BCUT2D eigenvalue weighted by molar-refractivity contribution is 5.95. The first-order valence-corrected chi connectivity index (χ1v) is 9.78. The Kier molecular flexibility index (Phi) is 5.29. The van der Waals surface area contributed by atoms with Crippen molar-refractivity contribution in [2.24, 2.45) is 0 Å². The Morgan fingerprint density at radius 1 is 1.32 bits per heavy atom. The van der Waals surface area contributed by atoms with E-state index in [1.165, 1.54) is 0 Å². The van der Waals surface area contributed by atoms with Crippen LogP contribution >= 0.6 is 0 Å². The van der Waals surface area contributed by atoms with Gasteiger partial charge in [-0.1, -0.05) is 12.1 Å². The molecule has 0 unspecified atom stereocenters. The maximum atomic E-state index is 12.8. The molecule has 3 aromatic rings. The van der Waals surface area contributed by atoms with E-state index in [1.54, 1.807) is 4.57 Å². The van der Waals surface area contributed by atoms with Gasteiger partial charge in [-0.3, -0.25) is 14.0 Å². The number of para-hydroxylation sites is 2. The summed E-state index contributed by atoms with van der Waals surface area (Å²) in [6.07, 6.45) is 3.58. The molecule has 8 heteroatoms. The number of amides is 1. The SMILES string of the molecule is CCn1cc(C(=O)NCCn2c(=O)[nH]c3ccccc32)c(C2CCOCC2)n1. The predicted octanol–water partition coefficient (Wildman–Crippen LogP) is 1.87. The highest BCUT2D eigenvalue weighted by atomic mass is 16.5. The van der Waals surface area contributed by atoms with Crippen LogP contribution < -0.4 is 11.0 Å². The van der Waals surface area contributed by atoms with Crippen molar-refractivity contribution in [1.29, 1.82) is 0 Å². The summed E-state index contributed by atoms with van der Waals surface area (Å²) < 4.78 is 8.89. The first kappa shape index (κ1) is 18.5. The number of fused-ring (bicyclic) bond motifs is 1. The van der Waals surface area contributed by atoms with Gasteiger partial charge in [0.25, 0.3) is 5.91 Å². The molecule has 0 aliphatic carbocycles. The first-order chi connectivity index (χ1) is 13.7. The van der Waals surface area contributed by atoms with Crippen LogP contribution in [0.5, 0.6) is 0 Å². The van der Waals surface area contributed by atoms with Crippen LogP contribution in [0.4, 0.5) is 0 Å². The predicted molar refractivity (Wildman–Crippen MR) is 106 cm³/mol. The Balaban J connectivity index is 1.47. The summed E-state index contributed by atoms with van der Waals surface area (Å²) in [6, 6.07) is 7.53. The molecule has 0 spiro atoms. The van der Waals surface area contributed by atoms with Crippen LogP contribution in [0.2, 0.25) is 0 Å². The van der Waals surface area contributed by atoms with Crippen molar-refractivity contribution in [2.75, 3.05) is 19.8 Å². The Labute approximate surface area is 162 Å². The van der Waals surface area contributed by atoms with E-state index in [-0.39, 0.29) is 17.5 Å². The number of benzene rings is 1. The number of carbonyl (C=O) groups excluding carboxylic acids is 1. The lowest BCUT2D eigenvalue weighted by Gasteiger charge is -2.21. The van der Waals surface area contributed by atoms with E-state index in [2.05, 4.69) is 15.4 Å². The smallest absolute Gasteiger partial charge is 0.326 e. The number of rotatable bonds is 6. The number of nitrogens with one attached hydrogen (secondary N) is 2. The lowest BCUT2D eigenvalue weighted by atomic mass is 9.94. The summed E-state index contributed by atoms with van der Waals surface area (Å²) in [5, 5.41) is 7.58. The molecule has 2 N–H and O–H groups in total. The quantitative estimate of drug-likeness (QED) is 0.679. The molecule has 148 valence electrons. The lowest BCUT2D eigenvalue weighted by Crippen LogP contribution is -2.30. The molecule has 1 aliphatic heterocycles. The van der Waals surface area contributed by atoms with Crippen molar-refractivity contribution in [2.45, 2.75) is 38.8 Å². The Hall–Kier alpha value is -2.87. The summed E-state index contributed by atoms with van der Waals surface area (Å²) in [7, 11) is 0. The Bertz CT molecular complexity index is 1030. The van der Waals surface area contributed by atoms with Gasteiger partial charge in [0.1, 0.15) is 0 Å². The number of aryl methyl sites for hydroxylation is 1. The van der Waals surface area contributed by atoms with E-state index in [0.29, 0.717) is 38.4 Å². The second-order valence-electron chi connectivity index (χ2n) is 7.03. The molecule has 3 heterocycles. The van der Waals surface area contributed by atoms with Crippen molar-refractivity contribution >= 4 is 16.9 Å². The second kappa shape index (κ2) is 8.02. The van der Waals surface area contributed by atoms with E-state index < -0.39 is 0 Å². The molecule has 0 bridgehead atoms. The van der Waals surface area contributed by atoms with Gasteiger partial charge in [0.2, 0.25) is 0 Å². The van der Waals surface area contributed by atoms with Crippen LogP contribution in [-0.2, 0) is 17.8 Å². The first-order valence-electron chi connectivity index (χ1n) is 9.78. The van der Waals surface area contributed by atoms with Gasteiger partial charge in [-0.2, -0.15) is 5.10 Å².